The van der Waals surface area contributed by atoms with E-state index in [-0.39, 0.29) is 28.0 Å². The van der Waals surface area contributed by atoms with Crippen LogP contribution in [0, 0.1) is 0 Å². The number of aliphatic carboxylic acids is 1. The van der Waals surface area contributed by atoms with Crippen LogP contribution in [0.3, 0.4) is 0 Å². The highest BCUT2D eigenvalue weighted by Gasteiger charge is 2.54. The third-order valence-corrected chi connectivity index (χ3v) is 8.06. The number of ether oxygens (including phenoxy) is 1. The van der Waals surface area contributed by atoms with Crippen LogP contribution < -0.4 is 21.8 Å². The molecule has 0 saturated carbocycles. The number of hydrogen-bond acceptors (Lipinski definition) is 11. The number of nitrogens with zero attached hydrogens (tertiary/aromatic N) is 1. The number of amides is 4. The van der Waals surface area contributed by atoms with Crippen LogP contribution in [0.2, 0.25) is 0 Å². The predicted molar refractivity (Wildman–Crippen MR) is 148 cm³/mol. The number of benzene rings is 2. The number of nitrogens with two attached hydrogens (primary N) is 1. The molecule has 43 heavy (non-hydrogen) atoms. The first-order chi connectivity index (χ1) is 20.5. The van der Waals surface area contributed by atoms with Crippen molar-refractivity contribution in [3.63, 3.8) is 0 Å². The molecule has 7 N–H and O–H groups in total. The van der Waals surface area contributed by atoms with Crippen LogP contribution in [-0.4, -0.2) is 73.8 Å². The van der Waals surface area contributed by atoms with Crippen LogP contribution >= 0.6 is 11.8 Å². The van der Waals surface area contributed by atoms with Crippen LogP contribution in [0.15, 0.2) is 69.2 Å². The van der Waals surface area contributed by atoms with E-state index in [1.807, 2.05) is 0 Å². The summed E-state index contributed by atoms with van der Waals surface area (Å²) in [6, 6.07) is 7.35. The van der Waals surface area contributed by atoms with Gasteiger partial charge < -0.3 is 40.8 Å². The van der Waals surface area contributed by atoms with Crippen LogP contribution in [0.25, 0.3) is 11.0 Å². The van der Waals surface area contributed by atoms with Crippen molar-refractivity contribution in [3.8, 4) is 11.5 Å². The second-order valence-corrected chi connectivity index (χ2v) is 10.5. The average Bonchev–Trinajstić information content (AvgIpc) is 2.98. The van der Waals surface area contributed by atoms with Gasteiger partial charge in [-0.25, -0.2) is 9.59 Å². The van der Waals surface area contributed by atoms with Gasteiger partial charge in [-0.3, -0.25) is 24.1 Å². The number of carboxylic acid groups (broad SMARTS) is 1. The first-order valence-corrected chi connectivity index (χ1v) is 13.5. The maximum Gasteiger partial charge on any atom is 0.404 e. The third-order valence-electron chi connectivity index (χ3n) is 6.72. The molecular weight excluding hydrogens is 588 g/mol. The van der Waals surface area contributed by atoms with E-state index in [2.05, 4.69) is 10.6 Å². The lowest BCUT2D eigenvalue weighted by molar-refractivity contribution is -0.151. The summed E-state index contributed by atoms with van der Waals surface area (Å²) in [6.45, 7) is -0.427. The van der Waals surface area contributed by atoms with Crippen molar-refractivity contribution in [2.75, 3.05) is 12.4 Å². The largest absolute Gasteiger partial charge is 0.504 e. The summed E-state index contributed by atoms with van der Waals surface area (Å²) in [5, 5.41) is 33.2. The molecular formula is C27H22N4O11S. The van der Waals surface area contributed by atoms with E-state index in [0.29, 0.717) is 5.56 Å². The van der Waals surface area contributed by atoms with Gasteiger partial charge in [-0.05, 0) is 11.6 Å². The number of β-lactam (4-membered cyclic amide) rings is 1. The van der Waals surface area contributed by atoms with Gasteiger partial charge >= 0.3 is 12.1 Å². The minimum absolute atomic E-state index is 0.0691. The number of phenols is 2. The van der Waals surface area contributed by atoms with Gasteiger partial charge in [0.05, 0.1) is 5.39 Å². The Hall–Kier alpha value is -5.51. The zero-order chi connectivity index (χ0) is 31.0. The molecule has 1 fully saturated rings. The van der Waals surface area contributed by atoms with Crippen LogP contribution in [0.1, 0.15) is 22.0 Å². The molecule has 5 rings (SSSR count). The molecule has 3 aromatic rings. The van der Waals surface area contributed by atoms with E-state index in [0.717, 1.165) is 35.1 Å². The molecule has 0 spiro atoms. The van der Waals surface area contributed by atoms with Gasteiger partial charge in [0.15, 0.2) is 11.5 Å². The minimum atomic E-state index is -1.43. The highest BCUT2D eigenvalue weighted by molar-refractivity contribution is 8.00. The summed E-state index contributed by atoms with van der Waals surface area (Å²) in [4.78, 5) is 76.7. The normalized spacial score (nSPS) is 18.3. The monoisotopic (exact) mass is 610 g/mol. The smallest absolute Gasteiger partial charge is 0.404 e. The summed E-state index contributed by atoms with van der Waals surface area (Å²) >= 11 is 1.13. The van der Waals surface area contributed by atoms with Crippen molar-refractivity contribution >= 4 is 52.5 Å². The quantitative estimate of drug-likeness (QED) is 0.151. The van der Waals surface area contributed by atoms with Crippen molar-refractivity contribution in [3.05, 3.63) is 81.3 Å². The van der Waals surface area contributed by atoms with Gasteiger partial charge in [-0.2, -0.15) is 0 Å². The fourth-order valence-corrected chi connectivity index (χ4v) is 5.98. The Morgan fingerprint density at radius 2 is 1.81 bits per heavy atom. The molecule has 2 aromatic carbocycles. The van der Waals surface area contributed by atoms with Crippen molar-refractivity contribution in [2.45, 2.75) is 17.5 Å². The van der Waals surface area contributed by atoms with Crippen molar-refractivity contribution in [2.24, 2.45) is 5.73 Å². The Balaban J connectivity index is 1.38. The number of hydrogen-bond donors (Lipinski definition) is 6. The van der Waals surface area contributed by atoms with E-state index < -0.39 is 76.3 Å². The number of nitrogens with one attached hydrogen (secondary N) is 2. The number of fused-ring (bicyclic) bond motifs is 2. The lowest BCUT2D eigenvalue weighted by atomic mass is 10.0. The van der Waals surface area contributed by atoms with E-state index in [1.54, 1.807) is 18.2 Å². The summed E-state index contributed by atoms with van der Waals surface area (Å²) in [7, 11) is 0. The lowest BCUT2D eigenvalue weighted by Gasteiger charge is -2.49. The molecule has 222 valence electrons. The Labute approximate surface area is 244 Å². The topological polar surface area (TPSA) is 239 Å². The molecule has 0 aliphatic carbocycles. The van der Waals surface area contributed by atoms with Gasteiger partial charge in [0.2, 0.25) is 11.3 Å². The number of carbonyl (C=O) groups is 5. The first-order valence-electron chi connectivity index (χ1n) is 12.4. The van der Waals surface area contributed by atoms with E-state index in [9.17, 15) is 44.1 Å². The van der Waals surface area contributed by atoms with Gasteiger partial charge in [0.1, 0.15) is 47.2 Å². The highest BCUT2D eigenvalue weighted by Crippen LogP contribution is 2.40. The molecule has 0 unspecified atom stereocenters. The summed E-state index contributed by atoms with van der Waals surface area (Å²) in [5.41, 5.74) is 3.61. The fraction of sp³-hybridized carbons (Fsp3) is 0.185. The van der Waals surface area contributed by atoms with Gasteiger partial charge in [0.25, 0.3) is 11.8 Å². The van der Waals surface area contributed by atoms with Crippen LogP contribution in [0.5, 0.6) is 11.5 Å². The predicted octanol–water partition coefficient (Wildman–Crippen LogP) is 0.509. The minimum Gasteiger partial charge on any atom is -0.504 e. The number of rotatable bonds is 8. The van der Waals surface area contributed by atoms with E-state index >= 15 is 0 Å². The molecule has 3 heterocycles. The third kappa shape index (κ3) is 5.42. The molecule has 15 nitrogen and oxygen atoms in total. The fourth-order valence-electron chi connectivity index (χ4n) is 4.65. The van der Waals surface area contributed by atoms with Crippen LogP contribution in [0.4, 0.5) is 4.79 Å². The SMILES string of the molecule is NC(=O)OCC1=C(C(=O)O)N2C(=O)[C@@H](NC(=O)[C@H](NC(=O)c3coc4cc(O)c(O)cc4c3=O)c3ccccc3)[C@H]2SC1. The summed E-state index contributed by atoms with van der Waals surface area (Å²) < 4.78 is 9.99. The Bertz CT molecular complexity index is 1770. The second kappa shape index (κ2) is 11.4. The first kappa shape index (κ1) is 29.0. The molecule has 0 bridgehead atoms. The zero-order valence-electron chi connectivity index (χ0n) is 21.8. The van der Waals surface area contributed by atoms with Crippen LogP contribution in [-0.2, 0) is 19.1 Å². The number of primary amides is 1. The lowest BCUT2D eigenvalue weighted by Crippen LogP contribution is -2.71. The standard InChI is InChI=1S/C27H22N4O11S/c28-27(40)42-8-12-10-43-25-19(24(37)31(25)20(12)26(38)39)30-23(36)18(11-4-2-1-3-5-11)29-22(35)14-9-41-17-7-16(33)15(32)6-13(17)21(14)34/h1-7,9,18-19,25,32-33H,8,10H2,(H2,28,40)(H,29,35)(H,30,36)(H,38,39)/t18-,19-,25-/m1/s1. The zero-order valence-corrected chi connectivity index (χ0v) is 22.6. The number of aromatic hydroxyl groups is 2. The van der Waals surface area contributed by atoms with Crippen molar-refractivity contribution < 1.29 is 48.4 Å². The maximum absolute atomic E-state index is 13.5. The highest BCUT2D eigenvalue weighted by atomic mass is 32.2. The Kier molecular flexibility index (Phi) is 7.69. The maximum atomic E-state index is 13.5. The van der Waals surface area contributed by atoms with Gasteiger partial charge in [-0.1, -0.05) is 30.3 Å². The second-order valence-electron chi connectivity index (χ2n) is 9.39. The molecule has 1 aromatic heterocycles. The average molecular weight is 611 g/mol. The van der Waals surface area contributed by atoms with Crippen molar-refractivity contribution in [1.82, 2.24) is 15.5 Å². The molecule has 16 heteroatoms. The Morgan fingerprint density at radius 3 is 2.49 bits per heavy atom. The molecule has 3 atom stereocenters. The summed E-state index contributed by atoms with van der Waals surface area (Å²) in [6.07, 6.45) is -0.265. The van der Waals surface area contributed by atoms with Crippen molar-refractivity contribution in [1.29, 1.82) is 0 Å². The summed E-state index contributed by atoms with van der Waals surface area (Å²) in [5.74, 6) is -5.07. The Morgan fingerprint density at radius 1 is 1.12 bits per heavy atom. The molecule has 4 amide bonds. The number of thioether (sulfide) groups is 1. The number of phenolic OH excluding ortho intramolecular Hbond substituents is 2. The molecule has 0 radical (unpaired) electrons. The molecule has 2 aliphatic rings. The van der Waals surface area contributed by atoms with Gasteiger partial charge in [-0.15, -0.1) is 11.8 Å². The van der Waals surface area contributed by atoms with E-state index in [4.69, 9.17) is 14.9 Å². The van der Waals surface area contributed by atoms with E-state index in [1.165, 1.54) is 12.1 Å². The number of carbonyl (C=O) groups excluding carboxylic acids is 4. The molecule has 2 aliphatic heterocycles. The number of carboxylic acids is 1. The molecule has 1 saturated heterocycles. The van der Waals surface area contributed by atoms with Gasteiger partial charge in [0, 0.05) is 17.4 Å².